The van der Waals surface area contributed by atoms with E-state index in [1.165, 1.54) is 4.90 Å². The van der Waals surface area contributed by atoms with Crippen LogP contribution in [-0.4, -0.2) is 95.2 Å². The normalized spacial score (nSPS) is 20.0. The molecule has 1 fully saturated rings. The molecule has 46 heavy (non-hydrogen) atoms. The topological polar surface area (TPSA) is 123 Å². The zero-order valence-corrected chi connectivity index (χ0v) is 27.7. The number of benzene rings is 1. The van der Waals surface area contributed by atoms with Gasteiger partial charge in [-0.15, -0.1) is 0 Å². The van der Waals surface area contributed by atoms with Crippen LogP contribution in [0.2, 0.25) is 5.02 Å². The lowest BCUT2D eigenvalue weighted by molar-refractivity contribution is -0.144. The lowest BCUT2D eigenvalue weighted by atomic mass is 9.96. The molecule has 1 aromatic carbocycles. The number of hydrogen-bond donors (Lipinski definition) is 2. The molecule has 3 aliphatic rings. The summed E-state index contributed by atoms with van der Waals surface area (Å²) >= 11 is 13.0. The first kappa shape index (κ1) is 34.2. The molecule has 0 bridgehead atoms. The number of morpholine rings is 1. The Balaban J connectivity index is 1.39. The molecule has 1 unspecified atom stereocenters. The summed E-state index contributed by atoms with van der Waals surface area (Å²) < 4.78 is 13.3. The number of amides is 2. The number of aryl methyl sites for hydroxylation is 1. The number of primary amides is 1. The second-order valence-electron chi connectivity index (χ2n) is 11.8. The molecule has 2 aliphatic heterocycles. The second kappa shape index (κ2) is 16.1. The van der Waals surface area contributed by atoms with Gasteiger partial charge in [0.2, 0.25) is 0 Å². The number of halogens is 2. The van der Waals surface area contributed by atoms with Crippen LogP contribution in [0.25, 0.3) is 11.3 Å². The number of carbonyl (C=O) groups is 2. The van der Waals surface area contributed by atoms with Crippen molar-refractivity contribution >= 4 is 35.0 Å². The number of hydrogen-bond acceptors (Lipinski definition) is 7. The first-order chi connectivity index (χ1) is 22.2. The van der Waals surface area contributed by atoms with Crippen LogP contribution in [0.15, 0.2) is 41.0 Å². The van der Waals surface area contributed by atoms with Crippen molar-refractivity contribution in [2.45, 2.75) is 51.7 Å². The molecule has 5 rings (SSSR count). The Bertz CT molecular complexity index is 1560. The molecular formula is C34H41Cl2N5O5. The highest BCUT2D eigenvalue weighted by atomic mass is 35.5. The van der Waals surface area contributed by atoms with Crippen molar-refractivity contribution in [1.82, 2.24) is 19.6 Å². The number of fused-ring (bicyclic) bond motifs is 1. The quantitative estimate of drug-likeness (QED) is 0.226. The van der Waals surface area contributed by atoms with Gasteiger partial charge in [-0.25, -0.2) is 0 Å². The molecule has 246 valence electrons. The molecule has 2 amide bonds. The van der Waals surface area contributed by atoms with Crippen LogP contribution in [0.5, 0.6) is 0 Å². The summed E-state index contributed by atoms with van der Waals surface area (Å²) in [5.41, 5.74) is 10.4. The van der Waals surface area contributed by atoms with Gasteiger partial charge in [-0.2, -0.15) is 5.10 Å². The first-order valence-corrected chi connectivity index (χ1v) is 16.6. The molecule has 0 saturated carbocycles. The number of rotatable bonds is 10. The Morgan fingerprint density at radius 1 is 1.22 bits per heavy atom. The van der Waals surface area contributed by atoms with Crippen molar-refractivity contribution in [2.75, 3.05) is 52.7 Å². The van der Waals surface area contributed by atoms with Crippen molar-refractivity contribution in [2.24, 2.45) is 11.7 Å². The van der Waals surface area contributed by atoms with Gasteiger partial charge in [-0.1, -0.05) is 53.3 Å². The third-order valence-electron chi connectivity index (χ3n) is 8.55. The number of nitrogens with zero attached hydrogens (tertiary/aromatic N) is 4. The van der Waals surface area contributed by atoms with E-state index in [9.17, 15) is 9.59 Å². The summed E-state index contributed by atoms with van der Waals surface area (Å²) in [6, 6.07) is 6.04. The Labute approximate surface area is 280 Å². The molecule has 0 radical (unpaired) electrons. The zero-order valence-electron chi connectivity index (χ0n) is 26.1. The Hall–Kier alpha value is -3.17. The molecule has 0 spiro atoms. The summed E-state index contributed by atoms with van der Waals surface area (Å²) in [5.74, 6) is 4.86. The monoisotopic (exact) mass is 669 g/mol. The zero-order chi connectivity index (χ0) is 32.6. The van der Waals surface area contributed by atoms with E-state index in [4.69, 9.17) is 48.6 Å². The molecule has 1 aliphatic carbocycles. The minimum Gasteiger partial charge on any atom is -0.396 e. The standard InChI is InChI=1S/C34H41Cl2N5O5/c1-23-21-46-17-14-39(23)11-2-12-41-31-10-13-40(34(44)33(37)43)20-28(31)32(38-41)26-7-9-29(35)25(19-26)6-4-24-5-8-30(36)27(18-24)22-45-16-3-15-42/h7-9,18-19,23-24,42H,2-3,5,10-17,20-22H2,1H3,(H2,37,43)/t23-,24?/m0/s1. The molecular weight excluding hydrogens is 629 g/mol. The molecule has 1 saturated heterocycles. The van der Waals surface area contributed by atoms with E-state index < -0.39 is 11.8 Å². The van der Waals surface area contributed by atoms with Gasteiger partial charge in [-0.05, 0) is 43.9 Å². The minimum atomic E-state index is -0.964. The van der Waals surface area contributed by atoms with Crippen molar-refractivity contribution in [3.05, 3.63) is 62.8 Å². The Morgan fingerprint density at radius 2 is 2.07 bits per heavy atom. The minimum absolute atomic E-state index is 0.0619. The van der Waals surface area contributed by atoms with E-state index in [1.807, 2.05) is 30.4 Å². The van der Waals surface area contributed by atoms with Crippen molar-refractivity contribution in [1.29, 1.82) is 0 Å². The van der Waals surface area contributed by atoms with E-state index in [0.29, 0.717) is 60.7 Å². The average molecular weight is 671 g/mol. The van der Waals surface area contributed by atoms with E-state index in [-0.39, 0.29) is 19.1 Å². The maximum Gasteiger partial charge on any atom is 0.311 e. The number of aliphatic hydroxyl groups is 1. The largest absolute Gasteiger partial charge is 0.396 e. The summed E-state index contributed by atoms with van der Waals surface area (Å²) in [6.07, 6.45) is 6.70. The number of ether oxygens (including phenoxy) is 2. The van der Waals surface area contributed by atoms with Gasteiger partial charge >= 0.3 is 11.8 Å². The van der Waals surface area contributed by atoms with E-state index in [0.717, 1.165) is 67.4 Å². The molecule has 3 N–H and O–H groups in total. The lowest BCUT2D eigenvalue weighted by Gasteiger charge is -2.33. The van der Waals surface area contributed by atoms with E-state index in [2.05, 4.69) is 28.3 Å². The van der Waals surface area contributed by atoms with Crippen LogP contribution in [-0.2, 0) is 38.6 Å². The van der Waals surface area contributed by atoms with Crippen LogP contribution in [0.3, 0.4) is 0 Å². The van der Waals surface area contributed by atoms with Gasteiger partial charge in [0.25, 0.3) is 0 Å². The fourth-order valence-corrected chi connectivity index (χ4v) is 6.38. The molecule has 12 heteroatoms. The van der Waals surface area contributed by atoms with Crippen LogP contribution in [0.4, 0.5) is 0 Å². The van der Waals surface area contributed by atoms with Gasteiger partial charge in [-0.3, -0.25) is 19.2 Å². The van der Waals surface area contributed by atoms with Crippen LogP contribution >= 0.6 is 23.2 Å². The molecule has 2 atom stereocenters. The first-order valence-electron chi connectivity index (χ1n) is 15.8. The maximum absolute atomic E-state index is 12.5. The number of allylic oxidation sites excluding steroid dienone is 2. The number of nitrogens with two attached hydrogens (primary N) is 1. The Kier molecular flexibility index (Phi) is 12.0. The van der Waals surface area contributed by atoms with Gasteiger partial charge in [0.1, 0.15) is 0 Å². The van der Waals surface area contributed by atoms with E-state index in [1.54, 1.807) is 0 Å². The summed E-state index contributed by atoms with van der Waals surface area (Å²) in [7, 11) is 0. The summed E-state index contributed by atoms with van der Waals surface area (Å²) in [5, 5.41) is 15.2. The van der Waals surface area contributed by atoms with Crippen molar-refractivity contribution in [3.63, 3.8) is 0 Å². The summed E-state index contributed by atoms with van der Waals surface area (Å²) in [4.78, 5) is 28.2. The fourth-order valence-electron chi connectivity index (χ4n) is 6.01. The van der Waals surface area contributed by atoms with Gasteiger partial charge < -0.3 is 25.2 Å². The van der Waals surface area contributed by atoms with Crippen LogP contribution in [0.1, 0.15) is 43.0 Å². The highest BCUT2D eigenvalue weighted by molar-refractivity contribution is 6.34. The maximum atomic E-state index is 12.5. The van der Waals surface area contributed by atoms with Gasteiger partial charge in [0.05, 0.1) is 37.1 Å². The predicted molar refractivity (Wildman–Crippen MR) is 177 cm³/mol. The van der Waals surface area contributed by atoms with Gasteiger partial charge in [0, 0.05) is 85.2 Å². The third kappa shape index (κ3) is 8.40. The SMILES string of the molecule is C[C@H]1COCCN1CCCn1nc(-c2ccc(Cl)c(C#CC3C=C(COCCCO)C(Cl)=CC3)c2)c2c1CCN(C(=O)C(N)=O)C2. The lowest BCUT2D eigenvalue weighted by Crippen LogP contribution is -2.44. The molecule has 2 aromatic rings. The number of carbonyl (C=O) groups excluding carboxylic acids is 2. The smallest absolute Gasteiger partial charge is 0.311 e. The second-order valence-corrected chi connectivity index (χ2v) is 12.6. The fraction of sp³-hybridized carbons (Fsp3) is 0.500. The highest BCUT2D eigenvalue weighted by Crippen LogP contribution is 2.33. The third-order valence-corrected chi connectivity index (χ3v) is 9.28. The summed E-state index contributed by atoms with van der Waals surface area (Å²) in [6.45, 7) is 7.81. The molecule has 3 heterocycles. The van der Waals surface area contributed by atoms with E-state index >= 15 is 0 Å². The average Bonchev–Trinajstić information content (AvgIpc) is 3.42. The predicted octanol–water partition coefficient (Wildman–Crippen LogP) is 3.50. The Morgan fingerprint density at radius 3 is 2.85 bits per heavy atom. The van der Waals surface area contributed by atoms with Crippen molar-refractivity contribution in [3.8, 4) is 23.1 Å². The van der Waals surface area contributed by atoms with Crippen LogP contribution < -0.4 is 5.73 Å². The molecule has 1 aromatic heterocycles. The van der Waals surface area contributed by atoms with Crippen molar-refractivity contribution < 1.29 is 24.2 Å². The number of aliphatic hydroxyl groups excluding tert-OH is 1. The van der Waals surface area contributed by atoms with Crippen LogP contribution in [0, 0.1) is 17.8 Å². The number of aromatic nitrogens is 2. The highest BCUT2D eigenvalue weighted by Gasteiger charge is 2.30. The van der Waals surface area contributed by atoms with Gasteiger partial charge in [0.15, 0.2) is 0 Å². The molecule has 10 nitrogen and oxygen atoms in total.